The first kappa shape index (κ1) is 18.6. The molecule has 4 aliphatic carbocycles. The van der Waals surface area contributed by atoms with Gasteiger partial charge in [0, 0.05) is 17.5 Å². The summed E-state index contributed by atoms with van der Waals surface area (Å²) in [7, 11) is 0. The lowest BCUT2D eigenvalue weighted by molar-refractivity contribution is -0.177. The molecule has 1 heterocycles. The van der Waals surface area contributed by atoms with E-state index in [-0.39, 0.29) is 28.4 Å². The number of rotatable bonds is 1. The van der Waals surface area contributed by atoms with Crippen molar-refractivity contribution in [1.82, 2.24) is 0 Å². The van der Waals surface area contributed by atoms with Crippen molar-refractivity contribution in [3.05, 3.63) is 46.0 Å². The second-order valence-corrected chi connectivity index (χ2v) is 10.4. The van der Waals surface area contributed by atoms with Crippen LogP contribution < -0.4 is 11.4 Å². The monoisotopic (exact) mass is 383 g/mol. The molecule has 1 aromatic heterocycles. The maximum atomic E-state index is 12.2. The highest BCUT2D eigenvalue weighted by molar-refractivity contribution is 5.31. The van der Waals surface area contributed by atoms with Crippen molar-refractivity contribution < 1.29 is 9.52 Å². The molecule has 0 radical (unpaired) electrons. The molecule has 1 unspecified atom stereocenters. The van der Waals surface area contributed by atoms with Crippen LogP contribution in [-0.2, 0) is 0 Å². The van der Waals surface area contributed by atoms with Crippen molar-refractivity contribution in [3.63, 3.8) is 0 Å². The van der Waals surface area contributed by atoms with Gasteiger partial charge in [-0.2, -0.15) is 0 Å². The van der Waals surface area contributed by atoms with Gasteiger partial charge in [-0.1, -0.05) is 25.5 Å². The zero-order valence-corrected chi connectivity index (χ0v) is 17.1. The SMILES string of the molecule is C[C@]12CCC(N)C=C1CC[C@@H]1[C@@H]2CC[C@]2(C)[C@@H](c3ccc(=O)oc3)CC[C@]12O. The Morgan fingerprint density at radius 2 is 1.89 bits per heavy atom. The molecule has 0 saturated heterocycles. The highest BCUT2D eigenvalue weighted by Gasteiger charge is 2.66. The van der Waals surface area contributed by atoms with E-state index in [0.29, 0.717) is 11.8 Å². The second kappa shape index (κ2) is 6.06. The number of allylic oxidation sites excluding steroid dienone is 1. The van der Waals surface area contributed by atoms with E-state index in [4.69, 9.17) is 10.2 Å². The van der Waals surface area contributed by atoms with E-state index in [1.165, 1.54) is 12.5 Å². The number of hydrogen-bond donors (Lipinski definition) is 2. The van der Waals surface area contributed by atoms with Crippen LogP contribution in [0.25, 0.3) is 0 Å². The molecule has 3 N–H and O–H groups in total. The fourth-order valence-corrected chi connectivity index (χ4v) is 7.83. The smallest absolute Gasteiger partial charge is 0.335 e. The Balaban J connectivity index is 1.51. The number of nitrogens with two attached hydrogens (primary N) is 1. The average molecular weight is 384 g/mol. The lowest BCUT2D eigenvalue weighted by Crippen LogP contribution is -2.60. The highest BCUT2D eigenvalue weighted by atomic mass is 16.4. The molecular weight excluding hydrogens is 350 g/mol. The maximum Gasteiger partial charge on any atom is 0.335 e. The van der Waals surface area contributed by atoms with E-state index in [1.54, 1.807) is 11.8 Å². The van der Waals surface area contributed by atoms with Crippen molar-refractivity contribution in [3.8, 4) is 0 Å². The molecule has 7 atom stereocenters. The third-order valence-corrected chi connectivity index (χ3v) is 9.46. The maximum absolute atomic E-state index is 12.2. The molecule has 3 fully saturated rings. The minimum Gasteiger partial charge on any atom is -0.431 e. The van der Waals surface area contributed by atoms with Crippen LogP contribution in [0.5, 0.6) is 0 Å². The zero-order valence-electron chi connectivity index (χ0n) is 17.1. The van der Waals surface area contributed by atoms with Gasteiger partial charge < -0.3 is 15.3 Å². The van der Waals surface area contributed by atoms with Crippen LogP contribution in [0.15, 0.2) is 39.3 Å². The van der Waals surface area contributed by atoms with Gasteiger partial charge in [-0.15, -0.1) is 0 Å². The molecule has 0 aromatic carbocycles. The predicted octanol–water partition coefficient (Wildman–Crippen LogP) is 4.13. The molecule has 4 nitrogen and oxygen atoms in total. The fraction of sp³-hybridized carbons (Fsp3) is 0.708. The Hall–Kier alpha value is -1.39. The highest BCUT2D eigenvalue weighted by Crippen LogP contribution is 2.69. The van der Waals surface area contributed by atoms with Gasteiger partial charge in [0.25, 0.3) is 0 Å². The van der Waals surface area contributed by atoms with E-state index in [2.05, 4.69) is 19.9 Å². The van der Waals surface area contributed by atoms with Crippen LogP contribution in [0.3, 0.4) is 0 Å². The Morgan fingerprint density at radius 3 is 2.64 bits per heavy atom. The third-order valence-electron chi connectivity index (χ3n) is 9.46. The van der Waals surface area contributed by atoms with Crippen LogP contribution in [-0.4, -0.2) is 16.7 Å². The summed E-state index contributed by atoms with van der Waals surface area (Å²) in [4.78, 5) is 11.4. The minimum atomic E-state index is -0.634. The molecule has 5 rings (SSSR count). The van der Waals surface area contributed by atoms with Gasteiger partial charge in [-0.25, -0.2) is 4.79 Å². The van der Waals surface area contributed by atoms with Gasteiger partial charge in [-0.05, 0) is 86.2 Å². The molecule has 0 spiro atoms. The summed E-state index contributed by atoms with van der Waals surface area (Å²) in [6.07, 6.45) is 12.3. The quantitative estimate of drug-likeness (QED) is 0.715. The molecular formula is C24H33NO3. The second-order valence-electron chi connectivity index (χ2n) is 10.4. The molecule has 0 aliphatic heterocycles. The minimum absolute atomic E-state index is 0.156. The predicted molar refractivity (Wildman–Crippen MR) is 109 cm³/mol. The van der Waals surface area contributed by atoms with E-state index in [1.807, 2.05) is 6.07 Å². The standard InChI is InChI=1S/C24H33NO3/c1-22-10-7-17(25)13-16(22)4-5-20-19(22)8-11-23(2)18(9-12-24(20,23)27)15-3-6-21(26)28-14-15/h3,6,13-14,17-20,27H,4-5,7-12,25H2,1-2H3/t17?,18-,19+,20-,22+,23-,24+/m1/s1. The Labute approximate surface area is 167 Å². The molecule has 1 aromatic rings. The van der Waals surface area contributed by atoms with Crippen LogP contribution in [0.2, 0.25) is 0 Å². The van der Waals surface area contributed by atoms with Crippen molar-refractivity contribution >= 4 is 0 Å². The zero-order chi connectivity index (χ0) is 19.7. The largest absolute Gasteiger partial charge is 0.431 e. The van der Waals surface area contributed by atoms with Gasteiger partial charge in [-0.3, -0.25) is 0 Å². The van der Waals surface area contributed by atoms with E-state index in [9.17, 15) is 9.90 Å². The third kappa shape index (κ3) is 2.34. The Morgan fingerprint density at radius 1 is 1.07 bits per heavy atom. The molecule has 28 heavy (non-hydrogen) atoms. The summed E-state index contributed by atoms with van der Waals surface area (Å²) >= 11 is 0. The number of aliphatic hydroxyl groups is 1. The van der Waals surface area contributed by atoms with Crippen LogP contribution in [0, 0.1) is 22.7 Å². The lowest BCUT2D eigenvalue weighted by Gasteiger charge is -2.61. The number of hydrogen-bond acceptors (Lipinski definition) is 4. The van der Waals surface area contributed by atoms with Gasteiger partial charge >= 0.3 is 5.63 Å². The summed E-state index contributed by atoms with van der Waals surface area (Å²) in [5.74, 6) is 1.15. The summed E-state index contributed by atoms with van der Waals surface area (Å²) in [5.41, 5.74) is 7.97. The summed E-state index contributed by atoms with van der Waals surface area (Å²) in [6.45, 7) is 4.72. The topological polar surface area (TPSA) is 76.5 Å². The van der Waals surface area contributed by atoms with E-state index >= 15 is 0 Å². The summed E-state index contributed by atoms with van der Waals surface area (Å²) in [6, 6.07) is 3.64. The average Bonchev–Trinajstić information content (AvgIpc) is 2.95. The Kier molecular flexibility index (Phi) is 4.03. The van der Waals surface area contributed by atoms with Gasteiger partial charge in [0.05, 0.1) is 11.9 Å². The normalized spacial score (nSPS) is 47.6. The van der Waals surface area contributed by atoms with Crippen LogP contribution in [0.1, 0.15) is 76.7 Å². The van der Waals surface area contributed by atoms with Gasteiger partial charge in [0.2, 0.25) is 0 Å². The van der Waals surface area contributed by atoms with Crippen molar-refractivity contribution in [1.29, 1.82) is 0 Å². The summed E-state index contributed by atoms with van der Waals surface area (Å²) < 4.78 is 5.18. The fourth-order valence-electron chi connectivity index (χ4n) is 7.83. The van der Waals surface area contributed by atoms with E-state index in [0.717, 1.165) is 50.5 Å². The van der Waals surface area contributed by atoms with Crippen LogP contribution >= 0.6 is 0 Å². The summed E-state index contributed by atoms with van der Waals surface area (Å²) in [5, 5.41) is 12.2. The first-order valence-corrected chi connectivity index (χ1v) is 11.1. The molecule has 4 heteroatoms. The van der Waals surface area contributed by atoms with Gasteiger partial charge in [0.15, 0.2) is 0 Å². The van der Waals surface area contributed by atoms with Crippen molar-refractivity contribution in [2.75, 3.05) is 0 Å². The first-order valence-electron chi connectivity index (χ1n) is 11.1. The molecule has 152 valence electrons. The molecule has 0 bridgehead atoms. The number of fused-ring (bicyclic) bond motifs is 5. The lowest BCUT2D eigenvalue weighted by atomic mass is 9.45. The van der Waals surface area contributed by atoms with E-state index < -0.39 is 5.60 Å². The Bertz CT molecular complexity index is 854. The molecule has 4 aliphatic rings. The van der Waals surface area contributed by atoms with Crippen LogP contribution in [0.4, 0.5) is 0 Å². The molecule has 0 amide bonds. The van der Waals surface area contributed by atoms with Crippen molar-refractivity contribution in [2.45, 2.75) is 82.8 Å². The molecule has 3 saturated carbocycles. The van der Waals surface area contributed by atoms with Gasteiger partial charge in [0.1, 0.15) is 0 Å². The van der Waals surface area contributed by atoms with Crippen molar-refractivity contribution in [2.24, 2.45) is 28.4 Å². The first-order chi connectivity index (χ1) is 13.3.